The lowest BCUT2D eigenvalue weighted by Gasteiger charge is -2.10. The minimum absolute atomic E-state index is 0.234. The molecular weight excluding hydrogens is 331 g/mol. The first-order valence-corrected chi connectivity index (χ1v) is 6.39. The number of nitro benzene ring substituents is 1. The molecule has 0 unspecified atom stereocenters. The highest BCUT2D eigenvalue weighted by molar-refractivity contribution is 5.90. The predicted molar refractivity (Wildman–Crippen MR) is 78.0 cm³/mol. The van der Waals surface area contributed by atoms with Gasteiger partial charge in [-0.25, -0.2) is 4.79 Å². The van der Waals surface area contributed by atoms with Gasteiger partial charge in [0, 0.05) is 23.5 Å². The number of urea groups is 1. The second kappa shape index (κ2) is 6.86. The Morgan fingerprint density at radius 1 is 1.29 bits per heavy atom. The Balaban J connectivity index is 2.09. The number of hydrogen-bond acceptors (Lipinski definition) is 4. The van der Waals surface area contributed by atoms with Crippen LogP contribution in [0.3, 0.4) is 0 Å². The lowest BCUT2D eigenvalue weighted by molar-refractivity contribution is -0.388. The number of anilines is 1. The Bertz CT molecular complexity index is 770. The quantitative estimate of drug-likeness (QED) is 0.649. The third-order valence-electron chi connectivity index (χ3n) is 2.79. The van der Waals surface area contributed by atoms with Crippen LogP contribution in [0, 0.1) is 10.1 Å². The van der Waals surface area contributed by atoms with Crippen molar-refractivity contribution in [3.63, 3.8) is 0 Å². The number of carbonyl (C=O) groups excluding carboxylic acids is 1. The fourth-order valence-corrected chi connectivity index (χ4v) is 1.75. The molecule has 0 spiro atoms. The van der Waals surface area contributed by atoms with E-state index in [0.717, 1.165) is 6.07 Å². The van der Waals surface area contributed by atoms with Gasteiger partial charge in [0.15, 0.2) is 0 Å². The van der Waals surface area contributed by atoms with Gasteiger partial charge in [0.2, 0.25) is 0 Å². The summed E-state index contributed by atoms with van der Waals surface area (Å²) in [7, 11) is 0. The van der Waals surface area contributed by atoms with Crippen molar-refractivity contribution in [1.29, 1.82) is 0 Å². The van der Waals surface area contributed by atoms with Crippen molar-refractivity contribution in [2.45, 2.75) is 6.18 Å². The van der Waals surface area contributed by atoms with Crippen LogP contribution in [0.4, 0.5) is 29.3 Å². The maximum atomic E-state index is 12.8. The van der Waals surface area contributed by atoms with E-state index in [4.69, 9.17) is 4.42 Å². The third-order valence-corrected chi connectivity index (χ3v) is 2.79. The molecule has 0 saturated carbocycles. The van der Waals surface area contributed by atoms with Gasteiger partial charge < -0.3 is 15.1 Å². The number of furan rings is 1. The van der Waals surface area contributed by atoms with E-state index in [2.05, 4.69) is 10.6 Å². The first-order chi connectivity index (χ1) is 11.3. The molecule has 126 valence electrons. The molecule has 2 aromatic rings. The number of nitrogens with zero attached hydrogens (tertiary/aromatic N) is 1. The van der Waals surface area contributed by atoms with Gasteiger partial charge in [-0.3, -0.25) is 10.1 Å². The van der Waals surface area contributed by atoms with Gasteiger partial charge in [-0.1, -0.05) is 0 Å². The SMILES string of the molecule is O=C(N/C=C/c1ccoc1)Nc1ccc([N+](=O)[O-])c(C(F)(F)F)c1. The van der Waals surface area contributed by atoms with Gasteiger partial charge in [0.1, 0.15) is 5.56 Å². The number of rotatable bonds is 4. The molecular formula is C14H10F3N3O4. The van der Waals surface area contributed by atoms with E-state index in [1.54, 1.807) is 6.07 Å². The second-order valence-electron chi connectivity index (χ2n) is 4.48. The third kappa shape index (κ3) is 4.35. The molecule has 24 heavy (non-hydrogen) atoms. The van der Waals surface area contributed by atoms with Crippen molar-refractivity contribution < 1.29 is 27.3 Å². The first kappa shape index (κ1) is 17.1. The summed E-state index contributed by atoms with van der Waals surface area (Å²) in [4.78, 5) is 21.1. The van der Waals surface area contributed by atoms with Crippen LogP contribution in [0.1, 0.15) is 11.1 Å². The Hall–Kier alpha value is -3.30. The van der Waals surface area contributed by atoms with E-state index in [0.29, 0.717) is 17.7 Å². The highest BCUT2D eigenvalue weighted by Crippen LogP contribution is 2.37. The standard InChI is InChI=1S/C14H10F3N3O4/c15-14(16,17)11-7-10(1-2-12(11)20(22)23)19-13(21)18-5-3-9-4-6-24-8-9/h1-8H,(H2,18,19,21)/b5-3+. The second-order valence-corrected chi connectivity index (χ2v) is 4.48. The molecule has 2 amide bonds. The highest BCUT2D eigenvalue weighted by atomic mass is 19.4. The number of benzene rings is 1. The molecule has 1 aromatic heterocycles. The molecule has 1 heterocycles. The molecule has 0 aliphatic rings. The molecule has 0 aliphatic carbocycles. The Kier molecular flexibility index (Phi) is 4.87. The van der Waals surface area contributed by atoms with Crippen molar-refractivity contribution in [3.8, 4) is 0 Å². The lowest BCUT2D eigenvalue weighted by atomic mass is 10.1. The van der Waals surface area contributed by atoms with Crippen molar-refractivity contribution in [1.82, 2.24) is 5.32 Å². The highest BCUT2D eigenvalue weighted by Gasteiger charge is 2.38. The summed E-state index contributed by atoms with van der Waals surface area (Å²) in [5, 5.41) is 15.1. The molecule has 1 aromatic carbocycles. The van der Waals surface area contributed by atoms with E-state index in [9.17, 15) is 28.1 Å². The molecule has 2 rings (SSSR count). The topological polar surface area (TPSA) is 97.4 Å². The number of halogens is 3. The van der Waals surface area contributed by atoms with Crippen LogP contribution in [-0.4, -0.2) is 11.0 Å². The number of hydrogen-bond donors (Lipinski definition) is 2. The van der Waals surface area contributed by atoms with Crippen LogP contribution in [0.25, 0.3) is 6.08 Å². The van der Waals surface area contributed by atoms with Crippen LogP contribution in [0.5, 0.6) is 0 Å². The predicted octanol–water partition coefficient (Wildman–Crippen LogP) is 4.00. The van der Waals surface area contributed by atoms with E-state index in [1.807, 2.05) is 0 Å². The van der Waals surface area contributed by atoms with Crippen molar-refractivity contribution >= 4 is 23.5 Å². The van der Waals surface area contributed by atoms with E-state index in [-0.39, 0.29) is 5.69 Å². The molecule has 7 nitrogen and oxygen atoms in total. The van der Waals surface area contributed by atoms with Crippen molar-refractivity contribution in [2.24, 2.45) is 0 Å². The van der Waals surface area contributed by atoms with Crippen LogP contribution < -0.4 is 10.6 Å². The average molecular weight is 341 g/mol. The van der Waals surface area contributed by atoms with Crippen LogP contribution in [0.15, 0.2) is 47.4 Å². The number of carbonyl (C=O) groups is 1. The summed E-state index contributed by atoms with van der Waals surface area (Å²) in [5.41, 5.74) is -2.10. The molecule has 10 heteroatoms. The largest absolute Gasteiger partial charge is 0.472 e. The zero-order valence-electron chi connectivity index (χ0n) is 11.8. The minimum atomic E-state index is -4.92. The molecule has 0 atom stereocenters. The maximum absolute atomic E-state index is 12.8. The summed E-state index contributed by atoms with van der Waals surface area (Å²) in [5.74, 6) is 0. The van der Waals surface area contributed by atoms with E-state index >= 15 is 0 Å². The van der Waals surface area contributed by atoms with Crippen molar-refractivity contribution in [2.75, 3.05) is 5.32 Å². The van der Waals surface area contributed by atoms with E-state index < -0.39 is 28.4 Å². The number of amides is 2. The summed E-state index contributed by atoms with van der Waals surface area (Å²) in [6, 6.07) is 3.00. The zero-order valence-corrected chi connectivity index (χ0v) is 11.8. The minimum Gasteiger partial charge on any atom is -0.472 e. The lowest BCUT2D eigenvalue weighted by Crippen LogP contribution is -2.24. The molecule has 0 bridgehead atoms. The molecule has 2 N–H and O–H groups in total. The summed E-state index contributed by atoms with van der Waals surface area (Å²) >= 11 is 0. The van der Waals surface area contributed by atoms with Gasteiger partial charge >= 0.3 is 12.2 Å². The normalized spacial score (nSPS) is 11.5. The molecule has 0 fully saturated rings. The summed E-state index contributed by atoms with van der Waals surface area (Å²) in [6.45, 7) is 0. The van der Waals surface area contributed by atoms with Crippen molar-refractivity contribution in [3.05, 3.63) is 64.2 Å². The van der Waals surface area contributed by atoms with Gasteiger partial charge in [0.05, 0.1) is 17.4 Å². The van der Waals surface area contributed by atoms with Crippen LogP contribution >= 0.6 is 0 Å². The number of nitrogens with one attached hydrogen (secondary N) is 2. The smallest absolute Gasteiger partial charge is 0.423 e. The average Bonchev–Trinajstić information content (AvgIpc) is 2.99. The van der Waals surface area contributed by atoms with Gasteiger partial charge in [-0.2, -0.15) is 13.2 Å². The van der Waals surface area contributed by atoms with Crippen LogP contribution in [0.2, 0.25) is 0 Å². The zero-order chi connectivity index (χ0) is 17.7. The molecule has 0 aliphatic heterocycles. The fraction of sp³-hybridized carbons (Fsp3) is 0.0714. The Morgan fingerprint density at radius 2 is 2.04 bits per heavy atom. The summed E-state index contributed by atoms with van der Waals surface area (Å²) < 4.78 is 43.3. The summed E-state index contributed by atoms with van der Waals surface area (Å²) in [6.07, 6.45) is 0.686. The van der Waals surface area contributed by atoms with Gasteiger partial charge in [-0.05, 0) is 24.3 Å². The van der Waals surface area contributed by atoms with E-state index in [1.165, 1.54) is 24.8 Å². The number of nitro groups is 1. The number of alkyl halides is 3. The maximum Gasteiger partial charge on any atom is 0.423 e. The fourth-order valence-electron chi connectivity index (χ4n) is 1.75. The molecule has 0 saturated heterocycles. The first-order valence-electron chi connectivity index (χ1n) is 6.39. The molecule has 0 radical (unpaired) electrons. The Morgan fingerprint density at radius 3 is 2.62 bits per heavy atom. The Labute approximate surface area is 132 Å². The monoisotopic (exact) mass is 341 g/mol. The van der Waals surface area contributed by atoms with Gasteiger partial charge in [-0.15, -0.1) is 0 Å². The van der Waals surface area contributed by atoms with Crippen LogP contribution in [-0.2, 0) is 6.18 Å². The van der Waals surface area contributed by atoms with Gasteiger partial charge in [0.25, 0.3) is 5.69 Å².